The second kappa shape index (κ2) is 12.0. The van der Waals surface area contributed by atoms with Crippen molar-refractivity contribution < 1.29 is 9.90 Å². The van der Waals surface area contributed by atoms with Crippen LogP contribution >= 0.6 is 11.8 Å². The first-order valence-electron chi connectivity index (χ1n) is 13.3. The molecule has 5 aromatic rings. The Morgan fingerprint density at radius 2 is 1.76 bits per heavy atom. The average molecular weight is 565 g/mol. The number of fused-ring (bicyclic) bond motifs is 1. The van der Waals surface area contributed by atoms with E-state index in [1.54, 1.807) is 30.8 Å². The normalized spacial score (nSPS) is 12.7. The van der Waals surface area contributed by atoms with Crippen LogP contribution in [0.2, 0.25) is 0 Å². The summed E-state index contributed by atoms with van der Waals surface area (Å²) in [7, 11) is 0. The quantitative estimate of drug-likeness (QED) is 0.155. The molecule has 1 atom stereocenters. The van der Waals surface area contributed by atoms with Gasteiger partial charge in [0.1, 0.15) is 12.1 Å². The van der Waals surface area contributed by atoms with Crippen molar-refractivity contribution >= 4 is 45.9 Å². The number of rotatable bonds is 9. The molecule has 8 nitrogen and oxygen atoms in total. The molecule has 0 fully saturated rings. The lowest BCUT2D eigenvalue weighted by atomic mass is 9.92. The van der Waals surface area contributed by atoms with Crippen LogP contribution in [0.15, 0.2) is 101 Å². The summed E-state index contributed by atoms with van der Waals surface area (Å²) in [5, 5.41) is 17.4. The van der Waals surface area contributed by atoms with E-state index in [4.69, 9.17) is 10.7 Å². The Labute approximate surface area is 243 Å². The molecule has 5 rings (SSSR count). The number of nitrogens with two attached hydrogens (primary N) is 1. The zero-order valence-corrected chi connectivity index (χ0v) is 23.9. The van der Waals surface area contributed by atoms with Crippen LogP contribution in [0.5, 0.6) is 0 Å². The molecule has 0 aliphatic heterocycles. The van der Waals surface area contributed by atoms with E-state index in [1.807, 2.05) is 72.8 Å². The molecule has 5 N–H and O–H groups in total. The van der Waals surface area contributed by atoms with E-state index >= 15 is 0 Å². The molecular formula is C32H32N6O2S. The Morgan fingerprint density at radius 1 is 1.00 bits per heavy atom. The lowest BCUT2D eigenvalue weighted by Gasteiger charge is -2.29. The highest BCUT2D eigenvalue weighted by Crippen LogP contribution is 2.37. The summed E-state index contributed by atoms with van der Waals surface area (Å²) < 4.78 is 0. The smallest absolute Gasteiger partial charge is 0.252 e. The number of benzene rings is 3. The zero-order valence-electron chi connectivity index (χ0n) is 23.1. The van der Waals surface area contributed by atoms with Gasteiger partial charge >= 0.3 is 0 Å². The predicted molar refractivity (Wildman–Crippen MR) is 164 cm³/mol. The van der Waals surface area contributed by atoms with Gasteiger partial charge in [0.15, 0.2) is 5.65 Å². The van der Waals surface area contributed by atoms with Crippen LogP contribution in [-0.2, 0) is 5.54 Å². The second-order valence-electron chi connectivity index (χ2n) is 10.3. The number of aromatic nitrogens is 3. The van der Waals surface area contributed by atoms with Crippen molar-refractivity contribution in [3.63, 3.8) is 0 Å². The molecule has 0 aliphatic rings. The maximum absolute atomic E-state index is 13.5. The van der Waals surface area contributed by atoms with Gasteiger partial charge in [-0.3, -0.25) is 4.79 Å². The lowest BCUT2D eigenvalue weighted by Crippen LogP contribution is -2.46. The molecular weight excluding hydrogens is 532 g/mol. The third kappa shape index (κ3) is 6.32. The highest BCUT2D eigenvalue weighted by atomic mass is 32.2. The molecule has 9 heteroatoms. The number of amides is 1. The molecule has 41 heavy (non-hydrogen) atoms. The summed E-state index contributed by atoms with van der Waals surface area (Å²) in [5.41, 5.74) is 9.10. The van der Waals surface area contributed by atoms with Crippen LogP contribution in [0.3, 0.4) is 0 Å². The van der Waals surface area contributed by atoms with Gasteiger partial charge in [-0.2, -0.15) is 0 Å². The van der Waals surface area contributed by atoms with Gasteiger partial charge < -0.3 is 21.5 Å². The van der Waals surface area contributed by atoms with Gasteiger partial charge in [-0.15, -0.1) is 0 Å². The number of carbonyl (C=O) groups excluding carboxylic acids is 1. The van der Waals surface area contributed by atoms with Crippen molar-refractivity contribution in [2.45, 2.75) is 42.0 Å². The largest absolute Gasteiger partial charge is 0.399 e. The van der Waals surface area contributed by atoms with Gasteiger partial charge in [0.25, 0.3) is 5.91 Å². The highest BCUT2D eigenvalue weighted by Gasteiger charge is 2.28. The number of nitrogen functional groups attached to an aromatic ring is 1. The summed E-state index contributed by atoms with van der Waals surface area (Å²) in [6, 6.07) is 26.5. The lowest BCUT2D eigenvalue weighted by molar-refractivity contribution is 0.0849. The Balaban J connectivity index is 1.52. The molecule has 0 aliphatic carbocycles. The number of hydrogen-bond donors (Lipinski definition) is 4. The molecule has 0 saturated heterocycles. The first-order valence-corrected chi connectivity index (χ1v) is 14.1. The fourth-order valence-corrected chi connectivity index (χ4v) is 5.24. The van der Waals surface area contributed by atoms with E-state index in [-0.39, 0.29) is 18.4 Å². The Kier molecular flexibility index (Phi) is 8.19. The topological polar surface area (TPSA) is 126 Å². The molecule has 2 heterocycles. The van der Waals surface area contributed by atoms with E-state index in [9.17, 15) is 9.90 Å². The summed E-state index contributed by atoms with van der Waals surface area (Å²) in [6.45, 7) is 5.73. The van der Waals surface area contributed by atoms with Gasteiger partial charge in [0, 0.05) is 26.7 Å². The fourth-order valence-electron chi connectivity index (χ4n) is 4.36. The molecule has 208 valence electrons. The first-order chi connectivity index (χ1) is 19.8. The molecule has 0 spiro atoms. The number of pyridine rings is 1. The van der Waals surface area contributed by atoms with E-state index in [1.165, 1.54) is 6.33 Å². The van der Waals surface area contributed by atoms with Crippen molar-refractivity contribution in [3.05, 3.63) is 108 Å². The van der Waals surface area contributed by atoms with Crippen molar-refractivity contribution in [2.75, 3.05) is 17.7 Å². The van der Waals surface area contributed by atoms with Gasteiger partial charge in [0.2, 0.25) is 0 Å². The number of aliphatic hydroxyl groups is 1. The Morgan fingerprint density at radius 3 is 2.46 bits per heavy atom. The SMILES string of the molecule is CC(C)c1ccc2c(Nc3cc(C(=O)N[C@](C)(CO)c4ccccc4)ccc3Sc3ccc(N)cc3)ncnc2n1. The number of nitrogens with zero attached hydrogens (tertiary/aromatic N) is 3. The van der Waals surface area contributed by atoms with Gasteiger partial charge in [-0.1, -0.05) is 55.9 Å². The minimum atomic E-state index is -0.952. The minimum absolute atomic E-state index is 0.253. The average Bonchev–Trinajstić information content (AvgIpc) is 2.99. The Bertz CT molecular complexity index is 1680. The van der Waals surface area contributed by atoms with Gasteiger partial charge in [-0.05, 0) is 73.0 Å². The zero-order chi connectivity index (χ0) is 29.0. The number of anilines is 3. The molecule has 3 aromatic carbocycles. The molecule has 0 saturated carbocycles. The Hall–Kier alpha value is -4.47. The first kappa shape index (κ1) is 28.1. The maximum Gasteiger partial charge on any atom is 0.252 e. The summed E-state index contributed by atoms with van der Waals surface area (Å²) in [5.74, 6) is 0.539. The standard InChI is InChI=1S/C32H32N6O2S/c1-20(2)26-15-14-25-29(36-26)34-19-35-30(25)37-27-17-21(9-16-28(27)41-24-12-10-23(33)11-13-24)31(40)38-32(3,18-39)22-7-5-4-6-8-22/h4-17,19-20,39H,18,33H2,1-3H3,(H,38,40)(H,34,35,36,37)/t32-/m1/s1. The van der Waals surface area contributed by atoms with Gasteiger partial charge in [-0.25, -0.2) is 15.0 Å². The number of hydrogen-bond acceptors (Lipinski definition) is 8. The monoisotopic (exact) mass is 564 g/mol. The molecule has 1 amide bonds. The summed E-state index contributed by atoms with van der Waals surface area (Å²) in [6.07, 6.45) is 1.48. The highest BCUT2D eigenvalue weighted by molar-refractivity contribution is 7.99. The minimum Gasteiger partial charge on any atom is -0.399 e. The summed E-state index contributed by atoms with van der Waals surface area (Å²) in [4.78, 5) is 29.0. The third-order valence-corrected chi connectivity index (χ3v) is 7.91. The third-order valence-electron chi connectivity index (χ3n) is 6.83. The molecule has 0 radical (unpaired) electrons. The summed E-state index contributed by atoms with van der Waals surface area (Å²) >= 11 is 1.54. The second-order valence-corrected chi connectivity index (χ2v) is 11.4. The van der Waals surface area contributed by atoms with Crippen molar-refractivity contribution in [1.82, 2.24) is 20.3 Å². The number of aliphatic hydroxyl groups excluding tert-OH is 1. The van der Waals surface area contributed by atoms with E-state index < -0.39 is 5.54 Å². The van der Waals surface area contributed by atoms with Crippen molar-refractivity contribution in [3.8, 4) is 0 Å². The van der Waals surface area contributed by atoms with Crippen molar-refractivity contribution in [2.24, 2.45) is 0 Å². The van der Waals surface area contributed by atoms with Crippen LogP contribution in [0.25, 0.3) is 11.0 Å². The van der Waals surface area contributed by atoms with Crippen LogP contribution in [0.1, 0.15) is 48.3 Å². The maximum atomic E-state index is 13.5. The van der Waals surface area contributed by atoms with E-state index in [0.717, 1.165) is 26.4 Å². The fraction of sp³-hybridized carbons (Fsp3) is 0.188. The van der Waals surface area contributed by atoms with Crippen LogP contribution in [-0.4, -0.2) is 32.6 Å². The van der Waals surface area contributed by atoms with Crippen molar-refractivity contribution in [1.29, 1.82) is 0 Å². The molecule has 0 bridgehead atoms. The van der Waals surface area contributed by atoms with Crippen LogP contribution in [0.4, 0.5) is 17.2 Å². The number of carbonyl (C=O) groups is 1. The predicted octanol–water partition coefficient (Wildman–Crippen LogP) is 6.26. The van der Waals surface area contributed by atoms with E-state index in [2.05, 4.69) is 34.4 Å². The molecule has 2 aromatic heterocycles. The number of nitrogens with one attached hydrogen (secondary N) is 2. The molecule has 0 unspecified atom stereocenters. The van der Waals surface area contributed by atoms with Gasteiger partial charge in [0.05, 0.1) is 23.2 Å². The van der Waals surface area contributed by atoms with E-state index in [0.29, 0.717) is 28.4 Å². The van der Waals surface area contributed by atoms with Crippen LogP contribution in [0, 0.1) is 0 Å². The van der Waals surface area contributed by atoms with Crippen LogP contribution < -0.4 is 16.4 Å².